The van der Waals surface area contributed by atoms with Crippen molar-refractivity contribution in [3.05, 3.63) is 12.2 Å². The molecule has 0 N–H and O–H groups in total. The molecule has 1 aliphatic rings. The van der Waals surface area contributed by atoms with E-state index in [1.807, 2.05) is 0 Å². The Morgan fingerprint density at radius 2 is 2.30 bits per heavy atom. The van der Waals surface area contributed by atoms with Crippen molar-refractivity contribution in [1.82, 2.24) is 0 Å². The van der Waals surface area contributed by atoms with Crippen molar-refractivity contribution in [3.63, 3.8) is 0 Å². The van der Waals surface area contributed by atoms with Crippen LogP contribution in [0.25, 0.3) is 0 Å². The third-order valence-corrected chi connectivity index (χ3v) is 2.77. The van der Waals surface area contributed by atoms with Crippen molar-refractivity contribution < 1.29 is 0 Å². The zero-order chi connectivity index (χ0) is 7.23. The van der Waals surface area contributed by atoms with Gasteiger partial charge in [-0.25, -0.2) is 0 Å². The van der Waals surface area contributed by atoms with Crippen LogP contribution < -0.4 is 0 Å². The van der Waals surface area contributed by atoms with Gasteiger partial charge in [0.1, 0.15) is 0 Å². The first-order chi connectivity index (χ1) is 4.93. The lowest BCUT2D eigenvalue weighted by Gasteiger charge is -1.94. The molecule has 1 heteroatoms. The fraction of sp³-hybridized carbons (Fsp3) is 0.778. The fourth-order valence-corrected chi connectivity index (χ4v) is 1.90. The Kier molecular flexibility index (Phi) is 3.96. The molecule has 0 atom stereocenters. The minimum Gasteiger partial charge on any atom is -0.158 e. The minimum absolute atomic E-state index is 1.11. The van der Waals surface area contributed by atoms with E-state index in [-0.39, 0.29) is 0 Å². The molecule has 1 fully saturated rings. The van der Waals surface area contributed by atoms with E-state index >= 15 is 0 Å². The van der Waals surface area contributed by atoms with E-state index in [4.69, 9.17) is 0 Å². The summed E-state index contributed by atoms with van der Waals surface area (Å²) in [4.78, 5) is 0. The van der Waals surface area contributed by atoms with Gasteiger partial charge >= 0.3 is 0 Å². The van der Waals surface area contributed by atoms with Gasteiger partial charge in [0, 0.05) is 5.75 Å². The summed E-state index contributed by atoms with van der Waals surface area (Å²) in [6.07, 6.45) is 8.83. The highest BCUT2D eigenvalue weighted by atomic mass is 32.2. The smallest absolute Gasteiger partial charge is 0.0113 e. The highest BCUT2D eigenvalue weighted by Crippen LogP contribution is 2.33. The predicted molar refractivity (Wildman–Crippen MR) is 49.5 cm³/mol. The Balaban J connectivity index is 1.76. The van der Waals surface area contributed by atoms with Gasteiger partial charge in [-0.3, -0.25) is 0 Å². The first kappa shape index (κ1) is 8.19. The van der Waals surface area contributed by atoms with Crippen molar-refractivity contribution in [2.75, 3.05) is 11.5 Å². The topological polar surface area (TPSA) is 0 Å². The zero-order valence-electron chi connectivity index (χ0n) is 6.68. The van der Waals surface area contributed by atoms with E-state index in [0.29, 0.717) is 0 Å². The van der Waals surface area contributed by atoms with Crippen LogP contribution in [0, 0.1) is 5.92 Å². The van der Waals surface area contributed by atoms with Gasteiger partial charge in [0.05, 0.1) is 0 Å². The van der Waals surface area contributed by atoms with Crippen molar-refractivity contribution in [3.8, 4) is 0 Å². The van der Waals surface area contributed by atoms with Crippen molar-refractivity contribution >= 4 is 11.8 Å². The normalized spacial score (nSPS) is 18.5. The van der Waals surface area contributed by atoms with E-state index in [1.165, 1.54) is 30.8 Å². The molecular weight excluding hydrogens is 140 g/mol. The van der Waals surface area contributed by atoms with E-state index in [2.05, 4.69) is 30.8 Å². The van der Waals surface area contributed by atoms with Crippen LogP contribution in [0.15, 0.2) is 12.2 Å². The molecule has 0 radical (unpaired) electrons. The van der Waals surface area contributed by atoms with Crippen LogP contribution in [0.4, 0.5) is 0 Å². The molecule has 0 spiro atoms. The lowest BCUT2D eigenvalue weighted by atomic mass is 10.3. The largest absolute Gasteiger partial charge is 0.158 e. The Morgan fingerprint density at radius 1 is 1.50 bits per heavy atom. The molecule has 0 bridgehead atoms. The highest BCUT2D eigenvalue weighted by Gasteiger charge is 2.19. The number of allylic oxidation sites excluding steroid dienone is 1. The molecule has 58 valence electrons. The van der Waals surface area contributed by atoms with Crippen molar-refractivity contribution in [2.45, 2.75) is 26.2 Å². The average molecular weight is 156 g/mol. The molecule has 0 nitrogen and oxygen atoms in total. The lowest BCUT2D eigenvalue weighted by molar-refractivity contribution is 0.809. The second-order valence-corrected chi connectivity index (χ2v) is 4.03. The predicted octanol–water partition coefficient (Wildman–Crippen LogP) is 3.10. The van der Waals surface area contributed by atoms with Crippen molar-refractivity contribution in [1.29, 1.82) is 0 Å². The van der Waals surface area contributed by atoms with E-state index in [1.54, 1.807) is 0 Å². The summed E-state index contributed by atoms with van der Waals surface area (Å²) in [7, 11) is 0. The molecule has 0 heterocycles. The van der Waals surface area contributed by atoms with E-state index < -0.39 is 0 Å². The van der Waals surface area contributed by atoms with Crippen LogP contribution in [-0.2, 0) is 0 Å². The average Bonchev–Trinajstić information content (AvgIpc) is 2.71. The third kappa shape index (κ3) is 3.99. The number of hydrogen-bond acceptors (Lipinski definition) is 1. The standard InChI is InChI=1S/C9H16S/c1-2-3-7-10-8-6-9-4-5-9/h2-3,9H,4-8H2,1H3/b3-2+. The van der Waals surface area contributed by atoms with Gasteiger partial charge in [-0.1, -0.05) is 25.0 Å². The minimum atomic E-state index is 1.11. The lowest BCUT2D eigenvalue weighted by Crippen LogP contribution is -1.81. The monoisotopic (exact) mass is 156 g/mol. The summed E-state index contributed by atoms with van der Waals surface area (Å²) < 4.78 is 0. The molecule has 10 heavy (non-hydrogen) atoms. The van der Waals surface area contributed by atoms with Crippen LogP contribution in [0.3, 0.4) is 0 Å². The molecule has 0 aromatic heterocycles. The summed E-state index contributed by atoms with van der Waals surface area (Å²) in [6.45, 7) is 2.08. The maximum Gasteiger partial charge on any atom is 0.0113 e. The fourth-order valence-electron chi connectivity index (χ4n) is 0.904. The zero-order valence-corrected chi connectivity index (χ0v) is 7.49. The molecule has 0 saturated heterocycles. The Labute approximate surface area is 68.1 Å². The van der Waals surface area contributed by atoms with Crippen LogP contribution in [0.1, 0.15) is 26.2 Å². The van der Waals surface area contributed by atoms with Gasteiger partial charge in [0.15, 0.2) is 0 Å². The summed E-state index contributed by atoms with van der Waals surface area (Å²) >= 11 is 2.06. The summed E-state index contributed by atoms with van der Waals surface area (Å²) in [5.74, 6) is 3.69. The molecule has 0 aromatic carbocycles. The second kappa shape index (κ2) is 4.84. The molecule has 0 aliphatic heterocycles. The van der Waals surface area contributed by atoms with Gasteiger partial charge in [-0.15, -0.1) is 0 Å². The molecular formula is C9H16S. The molecule has 0 unspecified atom stereocenters. The highest BCUT2D eigenvalue weighted by molar-refractivity contribution is 7.99. The van der Waals surface area contributed by atoms with Crippen LogP contribution in [-0.4, -0.2) is 11.5 Å². The first-order valence-electron chi connectivity index (χ1n) is 4.12. The van der Waals surface area contributed by atoms with Gasteiger partial charge in [-0.2, -0.15) is 11.8 Å². The number of thioether (sulfide) groups is 1. The van der Waals surface area contributed by atoms with Crippen LogP contribution in [0.5, 0.6) is 0 Å². The molecule has 0 amide bonds. The first-order valence-corrected chi connectivity index (χ1v) is 5.28. The van der Waals surface area contributed by atoms with Crippen LogP contribution >= 0.6 is 11.8 Å². The molecule has 1 aliphatic carbocycles. The Hall–Kier alpha value is 0.0900. The van der Waals surface area contributed by atoms with Gasteiger partial charge < -0.3 is 0 Å². The van der Waals surface area contributed by atoms with E-state index in [0.717, 1.165) is 5.92 Å². The molecule has 0 aromatic rings. The SMILES string of the molecule is C/C=C/CSCCC1CC1. The third-order valence-electron chi connectivity index (χ3n) is 1.82. The maximum atomic E-state index is 2.23. The molecule has 1 rings (SSSR count). The summed E-state index contributed by atoms with van der Waals surface area (Å²) in [5.41, 5.74) is 0. The van der Waals surface area contributed by atoms with Crippen LogP contribution in [0.2, 0.25) is 0 Å². The second-order valence-electron chi connectivity index (χ2n) is 2.88. The molecule has 1 saturated carbocycles. The van der Waals surface area contributed by atoms with Gasteiger partial charge in [-0.05, 0) is 25.0 Å². The maximum absolute atomic E-state index is 2.23. The van der Waals surface area contributed by atoms with E-state index in [9.17, 15) is 0 Å². The number of rotatable bonds is 5. The van der Waals surface area contributed by atoms with Crippen molar-refractivity contribution in [2.24, 2.45) is 5.92 Å². The Morgan fingerprint density at radius 3 is 2.90 bits per heavy atom. The van der Waals surface area contributed by atoms with Gasteiger partial charge in [0.25, 0.3) is 0 Å². The van der Waals surface area contributed by atoms with Gasteiger partial charge in [0.2, 0.25) is 0 Å². The summed E-state index contributed by atoms with van der Waals surface area (Å²) in [5, 5.41) is 0. The Bertz CT molecular complexity index is 103. The quantitative estimate of drug-likeness (QED) is 0.435. The summed E-state index contributed by atoms with van der Waals surface area (Å²) in [6, 6.07) is 0. The number of hydrogen-bond donors (Lipinski definition) is 0.